The molecule has 1 N–H and O–H groups in total. The lowest BCUT2D eigenvalue weighted by Crippen LogP contribution is -2.43. The van der Waals surface area contributed by atoms with Gasteiger partial charge in [-0.3, -0.25) is 19.5 Å². The van der Waals surface area contributed by atoms with Gasteiger partial charge in [0.15, 0.2) is 0 Å². The Morgan fingerprint density at radius 3 is 2.45 bits per heavy atom. The molecule has 0 radical (unpaired) electrons. The van der Waals surface area contributed by atoms with Crippen molar-refractivity contribution in [3.8, 4) is 0 Å². The minimum atomic E-state index is -0.496. The maximum atomic E-state index is 13.1. The third-order valence-electron chi connectivity index (χ3n) is 7.05. The summed E-state index contributed by atoms with van der Waals surface area (Å²) in [5.74, 6) is -0.449. The van der Waals surface area contributed by atoms with E-state index in [0.717, 1.165) is 67.5 Å². The maximum Gasteiger partial charge on any atom is 0.238 e. The average molecular weight is 511 g/mol. The first-order valence-corrected chi connectivity index (χ1v) is 13.4. The molecule has 0 aromatic heterocycles. The fourth-order valence-electron chi connectivity index (χ4n) is 5.04. The number of rotatable bonds is 9. The van der Waals surface area contributed by atoms with Crippen LogP contribution in [0.2, 0.25) is 0 Å². The van der Waals surface area contributed by atoms with E-state index in [1.165, 1.54) is 0 Å². The number of hydrogen-bond donors (Lipinski definition) is 1. The molecule has 7 heteroatoms. The van der Waals surface area contributed by atoms with Crippen LogP contribution < -0.4 is 10.2 Å². The molecule has 1 atom stereocenters. The van der Waals surface area contributed by atoms with Crippen molar-refractivity contribution in [3.05, 3.63) is 90.0 Å². The molecule has 5 rings (SSSR count). The van der Waals surface area contributed by atoms with E-state index in [-0.39, 0.29) is 11.8 Å². The van der Waals surface area contributed by atoms with E-state index in [1.807, 2.05) is 90.7 Å². The fourth-order valence-corrected chi connectivity index (χ4v) is 5.04. The summed E-state index contributed by atoms with van der Waals surface area (Å²) in [5, 5.41) is 3.00. The van der Waals surface area contributed by atoms with Crippen LogP contribution in [0.25, 0.3) is 0 Å². The zero-order valence-electron chi connectivity index (χ0n) is 21.8. The van der Waals surface area contributed by atoms with Gasteiger partial charge in [0.2, 0.25) is 11.8 Å². The molecule has 0 bridgehead atoms. The Kier molecular flexibility index (Phi) is 8.26. The number of ether oxygens (including phenoxy) is 1. The second-order valence-corrected chi connectivity index (χ2v) is 9.64. The minimum absolute atomic E-state index is 0.0788. The number of benzene rings is 3. The number of para-hydroxylation sites is 1. The third-order valence-corrected chi connectivity index (χ3v) is 7.05. The molecule has 196 valence electrons. The Bertz CT molecular complexity index is 1280. The Balaban J connectivity index is 1.43. The highest BCUT2D eigenvalue weighted by Crippen LogP contribution is 2.36. The first-order chi connectivity index (χ1) is 18.6. The summed E-state index contributed by atoms with van der Waals surface area (Å²) in [7, 11) is 0. The number of morpholine rings is 1. The highest BCUT2D eigenvalue weighted by Gasteiger charge is 2.35. The molecule has 0 aliphatic carbocycles. The van der Waals surface area contributed by atoms with Crippen molar-refractivity contribution < 1.29 is 14.3 Å². The predicted octanol–water partition coefficient (Wildman–Crippen LogP) is 5.01. The second kappa shape index (κ2) is 12.2. The van der Waals surface area contributed by atoms with Gasteiger partial charge in [-0.15, -0.1) is 0 Å². The lowest BCUT2D eigenvalue weighted by atomic mass is 9.90. The largest absolute Gasteiger partial charge is 0.379 e. The van der Waals surface area contributed by atoms with Crippen LogP contribution in [-0.2, 0) is 14.3 Å². The lowest BCUT2D eigenvalue weighted by molar-refractivity contribution is -0.118. The van der Waals surface area contributed by atoms with Gasteiger partial charge in [-0.1, -0.05) is 55.5 Å². The smallest absolute Gasteiger partial charge is 0.238 e. The number of aliphatic imine (C=N–C) groups is 1. The number of amides is 2. The Morgan fingerprint density at radius 2 is 1.71 bits per heavy atom. The molecule has 2 aliphatic rings. The molecule has 38 heavy (non-hydrogen) atoms. The van der Waals surface area contributed by atoms with Gasteiger partial charge in [0.1, 0.15) is 5.92 Å². The van der Waals surface area contributed by atoms with E-state index in [2.05, 4.69) is 10.2 Å². The van der Waals surface area contributed by atoms with E-state index in [1.54, 1.807) is 0 Å². The van der Waals surface area contributed by atoms with Crippen LogP contribution in [0, 0.1) is 0 Å². The third kappa shape index (κ3) is 5.85. The van der Waals surface area contributed by atoms with Crippen molar-refractivity contribution in [3.63, 3.8) is 0 Å². The number of nitrogens with zero attached hydrogens (tertiary/aromatic N) is 3. The standard InChI is InChI=1S/C31H34N4O3/c1-2-8-28(36)35(18-17-34-19-21-38-22-20-34)25-15-13-24(14-16-25)32-30(23-9-4-3-5-10-23)29-26-11-6-7-12-27(26)33-31(29)37/h3-7,9-16,29H,2,8,17-22H2,1H3,(H,33,37). The highest BCUT2D eigenvalue weighted by molar-refractivity contribution is 6.24. The zero-order chi connectivity index (χ0) is 26.3. The zero-order valence-corrected chi connectivity index (χ0v) is 21.8. The number of carbonyl (C=O) groups is 2. The van der Waals surface area contributed by atoms with Crippen molar-refractivity contribution in [2.45, 2.75) is 25.7 Å². The van der Waals surface area contributed by atoms with E-state index in [0.29, 0.717) is 18.7 Å². The monoisotopic (exact) mass is 510 g/mol. The Morgan fingerprint density at radius 1 is 1.00 bits per heavy atom. The first kappa shape index (κ1) is 25.8. The summed E-state index contributed by atoms with van der Waals surface area (Å²) in [6, 6.07) is 25.4. The van der Waals surface area contributed by atoms with Crippen molar-refractivity contribution in [1.82, 2.24) is 4.90 Å². The molecular formula is C31H34N4O3. The Labute approximate surface area is 224 Å². The van der Waals surface area contributed by atoms with E-state index in [9.17, 15) is 9.59 Å². The highest BCUT2D eigenvalue weighted by atomic mass is 16.5. The molecule has 2 heterocycles. The first-order valence-electron chi connectivity index (χ1n) is 13.4. The fraction of sp³-hybridized carbons (Fsp3) is 0.323. The van der Waals surface area contributed by atoms with Crippen LogP contribution in [0.5, 0.6) is 0 Å². The molecule has 0 spiro atoms. The average Bonchev–Trinajstić information content (AvgIpc) is 3.29. The van der Waals surface area contributed by atoms with Crippen LogP contribution in [0.15, 0.2) is 83.9 Å². The molecule has 3 aromatic carbocycles. The molecular weight excluding hydrogens is 476 g/mol. The summed E-state index contributed by atoms with van der Waals surface area (Å²) in [4.78, 5) is 35.3. The van der Waals surface area contributed by atoms with Crippen molar-refractivity contribution in [2.75, 3.05) is 49.6 Å². The van der Waals surface area contributed by atoms with Gasteiger partial charge < -0.3 is 15.0 Å². The predicted molar refractivity (Wildman–Crippen MR) is 151 cm³/mol. The molecule has 7 nitrogen and oxygen atoms in total. The van der Waals surface area contributed by atoms with E-state index >= 15 is 0 Å². The number of hydrogen-bond acceptors (Lipinski definition) is 5. The molecule has 3 aromatic rings. The van der Waals surface area contributed by atoms with E-state index in [4.69, 9.17) is 9.73 Å². The second-order valence-electron chi connectivity index (χ2n) is 9.64. The summed E-state index contributed by atoms with van der Waals surface area (Å²) in [6.45, 7) is 6.74. The van der Waals surface area contributed by atoms with Gasteiger partial charge in [0.05, 0.1) is 24.6 Å². The number of carbonyl (C=O) groups excluding carboxylic acids is 2. The van der Waals surface area contributed by atoms with E-state index < -0.39 is 5.92 Å². The molecule has 1 fully saturated rings. The number of anilines is 2. The van der Waals surface area contributed by atoms with Crippen LogP contribution in [0.3, 0.4) is 0 Å². The van der Waals surface area contributed by atoms with Gasteiger partial charge in [-0.25, -0.2) is 0 Å². The number of nitrogens with one attached hydrogen (secondary N) is 1. The normalized spacial score (nSPS) is 17.7. The van der Waals surface area contributed by atoms with Gasteiger partial charge >= 0.3 is 0 Å². The summed E-state index contributed by atoms with van der Waals surface area (Å²) in [6.07, 6.45) is 1.32. The van der Waals surface area contributed by atoms with Crippen molar-refractivity contribution in [2.24, 2.45) is 4.99 Å². The molecule has 1 unspecified atom stereocenters. The lowest BCUT2D eigenvalue weighted by Gasteiger charge is -2.30. The molecule has 1 saturated heterocycles. The molecule has 2 amide bonds. The Hall–Kier alpha value is -3.81. The van der Waals surface area contributed by atoms with Gasteiger partial charge in [-0.05, 0) is 47.9 Å². The summed E-state index contributed by atoms with van der Waals surface area (Å²) >= 11 is 0. The minimum Gasteiger partial charge on any atom is -0.379 e. The van der Waals surface area contributed by atoms with Crippen LogP contribution in [-0.4, -0.2) is 61.8 Å². The van der Waals surface area contributed by atoms with Crippen LogP contribution in [0.1, 0.15) is 36.8 Å². The summed E-state index contributed by atoms with van der Waals surface area (Å²) in [5.41, 5.74) is 4.95. The topological polar surface area (TPSA) is 74.2 Å². The quantitative estimate of drug-likeness (QED) is 0.411. The van der Waals surface area contributed by atoms with Crippen LogP contribution in [0.4, 0.5) is 17.1 Å². The van der Waals surface area contributed by atoms with Crippen LogP contribution >= 0.6 is 0 Å². The van der Waals surface area contributed by atoms with Crippen molar-refractivity contribution in [1.29, 1.82) is 0 Å². The SMILES string of the molecule is CCCC(=O)N(CCN1CCOCC1)c1ccc(N=C(c2ccccc2)C2C(=O)Nc3ccccc32)cc1. The van der Waals surface area contributed by atoms with Crippen molar-refractivity contribution >= 4 is 34.6 Å². The number of fused-ring (bicyclic) bond motifs is 1. The summed E-state index contributed by atoms with van der Waals surface area (Å²) < 4.78 is 5.46. The van der Waals surface area contributed by atoms with Gasteiger partial charge in [-0.2, -0.15) is 0 Å². The molecule has 2 aliphatic heterocycles. The maximum absolute atomic E-state index is 13.1. The van der Waals surface area contributed by atoms with Gasteiger partial charge in [0.25, 0.3) is 0 Å². The molecule has 0 saturated carbocycles. The van der Waals surface area contributed by atoms with Gasteiger partial charge in [0, 0.05) is 44.0 Å².